The van der Waals surface area contributed by atoms with Gasteiger partial charge in [0.25, 0.3) is 0 Å². The number of nitrogens with zero attached hydrogens (tertiary/aromatic N) is 1. The summed E-state index contributed by atoms with van der Waals surface area (Å²) in [5.41, 5.74) is 1.23. The van der Waals surface area contributed by atoms with Crippen molar-refractivity contribution in [1.29, 1.82) is 0 Å². The van der Waals surface area contributed by atoms with E-state index in [0.717, 1.165) is 50.9 Å². The molecule has 5 heteroatoms. The van der Waals surface area contributed by atoms with Gasteiger partial charge in [0.05, 0.1) is 19.3 Å². The highest BCUT2D eigenvalue weighted by Gasteiger charge is 2.23. The summed E-state index contributed by atoms with van der Waals surface area (Å²) in [5, 5.41) is 3.42. The highest BCUT2D eigenvalue weighted by atomic mass is 16.5. The van der Waals surface area contributed by atoms with E-state index < -0.39 is 0 Å². The lowest BCUT2D eigenvalue weighted by Gasteiger charge is -2.26. The third-order valence-electron chi connectivity index (χ3n) is 4.00. The molecule has 0 amide bonds. The molecule has 116 valence electrons. The van der Waals surface area contributed by atoms with Gasteiger partial charge in [0.2, 0.25) is 0 Å². The summed E-state index contributed by atoms with van der Waals surface area (Å²) in [6.45, 7) is 9.09. The van der Waals surface area contributed by atoms with Crippen molar-refractivity contribution in [3.8, 4) is 11.5 Å². The van der Waals surface area contributed by atoms with Crippen molar-refractivity contribution in [3.63, 3.8) is 0 Å². The van der Waals surface area contributed by atoms with Gasteiger partial charge in [0.15, 0.2) is 0 Å². The summed E-state index contributed by atoms with van der Waals surface area (Å²) in [7, 11) is 0. The number of rotatable bonds is 6. The minimum Gasteiger partial charge on any atom is -0.492 e. The summed E-state index contributed by atoms with van der Waals surface area (Å²) in [5.74, 6) is 1.84. The Morgan fingerprint density at radius 1 is 1.33 bits per heavy atom. The van der Waals surface area contributed by atoms with Crippen LogP contribution in [0.5, 0.6) is 11.5 Å². The summed E-state index contributed by atoms with van der Waals surface area (Å²) in [4.78, 5) is 2.37. The highest BCUT2D eigenvalue weighted by Crippen LogP contribution is 2.35. The van der Waals surface area contributed by atoms with Gasteiger partial charge in [-0.3, -0.25) is 4.90 Å². The minimum atomic E-state index is 0.312. The number of hydrogen-bond acceptors (Lipinski definition) is 5. The van der Waals surface area contributed by atoms with E-state index in [4.69, 9.17) is 14.2 Å². The lowest BCUT2D eigenvalue weighted by Crippen LogP contribution is -2.38. The molecule has 2 aliphatic rings. The molecule has 1 N–H and O–H groups in total. The van der Waals surface area contributed by atoms with Crippen molar-refractivity contribution in [2.24, 2.45) is 0 Å². The van der Waals surface area contributed by atoms with Crippen LogP contribution < -0.4 is 14.8 Å². The fraction of sp³-hybridized carbons (Fsp3) is 0.625. The van der Waals surface area contributed by atoms with E-state index in [-0.39, 0.29) is 0 Å². The molecule has 5 nitrogen and oxygen atoms in total. The van der Waals surface area contributed by atoms with Gasteiger partial charge in [-0.1, -0.05) is 6.92 Å². The Bertz CT molecular complexity index is 461. The van der Waals surface area contributed by atoms with E-state index in [1.54, 1.807) is 0 Å². The second-order valence-corrected chi connectivity index (χ2v) is 5.42. The molecule has 0 spiro atoms. The Hall–Kier alpha value is -1.30. The first-order valence-electron chi connectivity index (χ1n) is 7.80. The number of hydrogen-bond donors (Lipinski definition) is 1. The zero-order chi connectivity index (χ0) is 14.5. The van der Waals surface area contributed by atoms with Gasteiger partial charge in [-0.25, -0.2) is 0 Å². The molecule has 0 radical (unpaired) electrons. The zero-order valence-electron chi connectivity index (χ0n) is 12.6. The van der Waals surface area contributed by atoms with E-state index in [2.05, 4.69) is 23.2 Å². The van der Waals surface area contributed by atoms with E-state index in [1.165, 1.54) is 5.56 Å². The smallest absolute Gasteiger partial charge is 0.127 e. The van der Waals surface area contributed by atoms with Crippen LogP contribution in [0.4, 0.5) is 0 Å². The molecule has 0 saturated carbocycles. The first-order valence-corrected chi connectivity index (χ1v) is 7.80. The summed E-state index contributed by atoms with van der Waals surface area (Å²) in [6.07, 6.45) is 0. The number of morpholine rings is 1. The predicted octanol–water partition coefficient (Wildman–Crippen LogP) is 1.44. The van der Waals surface area contributed by atoms with Crippen molar-refractivity contribution >= 4 is 0 Å². The summed E-state index contributed by atoms with van der Waals surface area (Å²) in [6, 6.07) is 6.47. The maximum absolute atomic E-state index is 5.85. The molecule has 1 aromatic carbocycles. The summed E-state index contributed by atoms with van der Waals surface area (Å²) < 4.78 is 16.9. The first-order chi connectivity index (χ1) is 10.4. The molecular formula is C16H24N2O3. The topological polar surface area (TPSA) is 43.0 Å². The van der Waals surface area contributed by atoms with Gasteiger partial charge in [-0.05, 0) is 18.7 Å². The van der Waals surface area contributed by atoms with E-state index >= 15 is 0 Å². The third-order valence-corrected chi connectivity index (χ3v) is 4.00. The molecule has 1 unspecified atom stereocenters. The molecule has 2 aliphatic heterocycles. The molecule has 1 atom stereocenters. The van der Waals surface area contributed by atoms with Gasteiger partial charge in [0.1, 0.15) is 24.7 Å². The van der Waals surface area contributed by atoms with E-state index in [0.29, 0.717) is 19.3 Å². The third kappa shape index (κ3) is 3.67. The Morgan fingerprint density at radius 3 is 3.00 bits per heavy atom. The Labute approximate surface area is 126 Å². The predicted molar refractivity (Wildman–Crippen MR) is 81.1 cm³/mol. The Morgan fingerprint density at radius 2 is 2.19 bits per heavy atom. The molecule has 1 aromatic rings. The van der Waals surface area contributed by atoms with Crippen LogP contribution in [0.25, 0.3) is 0 Å². The van der Waals surface area contributed by atoms with Gasteiger partial charge in [-0.2, -0.15) is 0 Å². The van der Waals surface area contributed by atoms with Crippen LogP contribution in [-0.2, 0) is 4.74 Å². The monoisotopic (exact) mass is 292 g/mol. The standard InChI is InChI=1S/C16H24N2O3/c1-2-17-15-12-21-16-11-13(3-4-14(15)16)20-10-7-18-5-8-19-9-6-18/h3-4,11,15,17H,2,5-10,12H2,1H3. The lowest BCUT2D eigenvalue weighted by atomic mass is 10.1. The van der Waals surface area contributed by atoms with Crippen LogP contribution in [0.2, 0.25) is 0 Å². The highest BCUT2D eigenvalue weighted by molar-refractivity contribution is 5.45. The van der Waals surface area contributed by atoms with Gasteiger partial charge >= 0.3 is 0 Å². The van der Waals surface area contributed by atoms with Crippen LogP contribution in [0.3, 0.4) is 0 Å². The number of fused-ring (bicyclic) bond motifs is 1. The maximum atomic E-state index is 5.85. The van der Waals surface area contributed by atoms with Crippen molar-refractivity contribution in [2.75, 3.05) is 52.6 Å². The van der Waals surface area contributed by atoms with Crippen LogP contribution in [-0.4, -0.2) is 57.5 Å². The van der Waals surface area contributed by atoms with Crippen LogP contribution in [0.15, 0.2) is 18.2 Å². The van der Waals surface area contributed by atoms with Crippen molar-refractivity contribution in [1.82, 2.24) is 10.2 Å². The maximum Gasteiger partial charge on any atom is 0.127 e. The molecule has 1 fully saturated rings. The van der Waals surface area contributed by atoms with E-state index in [1.807, 2.05) is 12.1 Å². The van der Waals surface area contributed by atoms with E-state index in [9.17, 15) is 0 Å². The lowest BCUT2D eigenvalue weighted by molar-refractivity contribution is 0.0322. The normalized spacial score (nSPS) is 21.9. The van der Waals surface area contributed by atoms with Gasteiger partial charge < -0.3 is 19.5 Å². The average molecular weight is 292 g/mol. The largest absolute Gasteiger partial charge is 0.492 e. The minimum absolute atomic E-state index is 0.312. The summed E-state index contributed by atoms with van der Waals surface area (Å²) >= 11 is 0. The average Bonchev–Trinajstić information content (AvgIpc) is 2.91. The number of likely N-dealkylation sites (N-methyl/N-ethyl adjacent to an activating group) is 1. The van der Waals surface area contributed by atoms with Gasteiger partial charge in [0, 0.05) is 31.3 Å². The molecule has 21 heavy (non-hydrogen) atoms. The van der Waals surface area contributed by atoms with Crippen LogP contribution >= 0.6 is 0 Å². The quantitative estimate of drug-likeness (QED) is 0.859. The molecule has 1 saturated heterocycles. The zero-order valence-corrected chi connectivity index (χ0v) is 12.6. The second kappa shape index (κ2) is 7.11. The fourth-order valence-corrected chi connectivity index (χ4v) is 2.81. The fourth-order valence-electron chi connectivity index (χ4n) is 2.81. The SMILES string of the molecule is CCNC1COc2cc(OCCN3CCOCC3)ccc21. The van der Waals surface area contributed by atoms with Crippen LogP contribution in [0, 0.1) is 0 Å². The molecule has 0 bridgehead atoms. The number of benzene rings is 1. The first kappa shape index (κ1) is 14.6. The van der Waals surface area contributed by atoms with Crippen molar-refractivity contribution in [3.05, 3.63) is 23.8 Å². The Kier molecular flexibility index (Phi) is 4.95. The molecule has 2 heterocycles. The Balaban J connectivity index is 1.50. The second-order valence-electron chi connectivity index (χ2n) is 5.42. The number of nitrogens with one attached hydrogen (secondary N) is 1. The molecular weight excluding hydrogens is 268 g/mol. The molecule has 0 aliphatic carbocycles. The molecule has 3 rings (SSSR count). The van der Waals surface area contributed by atoms with Crippen molar-refractivity contribution in [2.45, 2.75) is 13.0 Å². The number of ether oxygens (including phenoxy) is 3. The van der Waals surface area contributed by atoms with Crippen molar-refractivity contribution < 1.29 is 14.2 Å². The van der Waals surface area contributed by atoms with Gasteiger partial charge in [-0.15, -0.1) is 0 Å². The van der Waals surface area contributed by atoms with Crippen LogP contribution in [0.1, 0.15) is 18.5 Å². The molecule has 0 aromatic heterocycles.